The van der Waals surface area contributed by atoms with Gasteiger partial charge in [-0.15, -0.1) is 0 Å². The molecule has 0 aliphatic rings. The molecule has 0 aliphatic heterocycles. The molecule has 0 saturated carbocycles. The number of hydrogen-bond acceptors (Lipinski definition) is 6. The van der Waals surface area contributed by atoms with Gasteiger partial charge in [-0.1, -0.05) is 189 Å². The number of carboxylic acid groups (broad SMARTS) is 1. The van der Waals surface area contributed by atoms with Gasteiger partial charge in [0, 0.05) is 19.3 Å². The molecule has 2 atom stereocenters. The van der Waals surface area contributed by atoms with Crippen LogP contribution in [0.4, 0.5) is 0 Å². The maximum atomic E-state index is 12.8. The van der Waals surface area contributed by atoms with E-state index in [9.17, 15) is 19.5 Å². The predicted molar refractivity (Wildman–Crippen MR) is 270 cm³/mol. The lowest BCUT2D eigenvalue weighted by atomic mass is 10.0. The molecule has 8 nitrogen and oxygen atoms in total. The summed E-state index contributed by atoms with van der Waals surface area (Å²) in [4.78, 5) is 37.2. The number of nitrogens with zero attached hydrogens (tertiary/aromatic N) is 1. The van der Waals surface area contributed by atoms with Crippen LogP contribution in [0.3, 0.4) is 0 Å². The highest BCUT2D eigenvalue weighted by Gasteiger charge is 2.31. The molecule has 64 heavy (non-hydrogen) atoms. The first-order chi connectivity index (χ1) is 31.1. The first-order valence-corrected chi connectivity index (χ1v) is 26.0. The van der Waals surface area contributed by atoms with Crippen molar-refractivity contribution in [1.29, 1.82) is 0 Å². The van der Waals surface area contributed by atoms with Gasteiger partial charge in [0.05, 0.1) is 34.4 Å². The summed E-state index contributed by atoms with van der Waals surface area (Å²) < 4.78 is 17.4. The van der Waals surface area contributed by atoms with E-state index in [1.807, 2.05) is 21.1 Å². The Labute approximate surface area is 393 Å². The van der Waals surface area contributed by atoms with Crippen LogP contribution >= 0.6 is 0 Å². The fourth-order valence-corrected chi connectivity index (χ4v) is 7.42. The smallest absolute Gasteiger partial charge is 0.362 e. The molecule has 1 N–H and O–H groups in total. The Kier molecular flexibility index (Phi) is 44.0. The quantitative estimate of drug-likeness (QED) is 0.0281. The van der Waals surface area contributed by atoms with Crippen LogP contribution in [0.2, 0.25) is 0 Å². The van der Waals surface area contributed by atoms with Gasteiger partial charge in [0.15, 0.2) is 12.1 Å². The molecule has 0 fully saturated rings. The molecule has 2 unspecified atom stereocenters. The van der Waals surface area contributed by atoms with Crippen molar-refractivity contribution in [3.63, 3.8) is 0 Å². The normalized spacial score (nSPS) is 13.5. The average Bonchev–Trinajstić information content (AvgIpc) is 3.26. The van der Waals surface area contributed by atoms with Crippen LogP contribution in [0.25, 0.3) is 0 Å². The van der Waals surface area contributed by atoms with Crippen molar-refractivity contribution in [3.05, 3.63) is 72.9 Å². The molecule has 0 bridgehead atoms. The molecule has 0 radical (unpaired) electrons. The lowest BCUT2D eigenvalue weighted by Gasteiger charge is -2.31. The van der Waals surface area contributed by atoms with Crippen LogP contribution in [-0.2, 0) is 28.6 Å². The largest absolute Gasteiger partial charge is 0.477 e. The van der Waals surface area contributed by atoms with E-state index < -0.39 is 18.1 Å². The lowest BCUT2D eigenvalue weighted by molar-refractivity contribution is -0.887. The second-order valence-electron chi connectivity index (χ2n) is 18.4. The van der Waals surface area contributed by atoms with Crippen LogP contribution < -0.4 is 0 Å². The summed E-state index contributed by atoms with van der Waals surface area (Å²) in [6.45, 7) is 4.52. The third-order valence-electron chi connectivity index (χ3n) is 11.4. The van der Waals surface area contributed by atoms with Gasteiger partial charge in [0.1, 0.15) is 6.61 Å². The van der Waals surface area contributed by atoms with Crippen molar-refractivity contribution in [2.75, 3.05) is 41.0 Å². The summed E-state index contributed by atoms with van der Waals surface area (Å²) in [6.07, 6.45) is 59.5. The van der Waals surface area contributed by atoms with E-state index in [0.29, 0.717) is 19.3 Å². The van der Waals surface area contributed by atoms with Crippen molar-refractivity contribution in [1.82, 2.24) is 0 Å². The molecule has 0 rings (SSSR count). The second-order valence-corrected chi connectivity index (χ2v) is 18.4. The van der Waals surface area contributed by atoms with E-state index in [4.69, 9.17) is 14.2 Å². The fraction of sp³-hybridized carbons (Fsp3) is 0.732. The van der Waals surface area contributed by atoms with Gasteiger partial charge < -0.3 is 23.8 Å². The zero-order valence-electron chi connectivity index (χ0n) is 42.0. The number of likely N-dealkylation sites (N-methyl/N-ethyl adjacent to an activating group) is 1. The molecule has 0 spiro atoms. The number of carbonyl (C=O) groups excluding carboxylic acids is 2. The molecule has 0 heterocycles. The summed E-state index contributed by atoms with van der Waals surface area (Å²) in [6, 6.07) is -0.619. The average molecular weight is 897 g/mol. The van der Waals surface area contributed by atoms with Gasteiger partial charge in [-0.3, -0.25) is 9.59 Å². The number of ether oxygens (including phenoxy) is 3. The minimum atomic E-state index is -0.877. The van der Waals surface area contributed by atoms with Crippen LogP contribution in [0.1, 0.15) is 213 Å². The van der Waals surface area contributed by atoms with Gasteiger partial charge in [0.2, 0.25) is 0 Å². The van der Waals surface area contributed by atoms with Gasteiger partial charge in [-0.2, -0.15) is 0 Å². The summed E-state index contributed by atoms with van der Waals surface area (Å²) in [7, 11) is 5.53. The number of aliphatic carboxylic acids is 1. The van der Waals surface area contributed by atoms with Crippen LogP contribution in [0.15, 0.2) is 72.9 Å². The van der Waals surface area contributed by atoms with E-state index >= 15 is 0 Å². The Balaban J connectivity index is 4.24. The number of unbranched alkanes of at least 4 members (excludes halogenated alkanes) is 20. The minimum Gasteiger partial charge on any atom is -0.477 e. The molecular formula is C56H98NO7+. The maximum Gasteiger partial charge on any atom is 0.362 e. The summed E-state index contributed by atoms with van der Waals surface area (Å²) in [5.74, 6) is -1.48. The maximum absolute atomic E-state index is 12.8. The zero-order valence-corrected chi connectivity index (χ0v) is 42.0. The first-order valence-electron chi connectivity index (χ1n) is 26.0. The monoisotopic (exact) mass is 897 g/mol. The van der Waals surface area contributed by atoms with Crippen molar-refractivity contribution in [2.24, 2.45) is 0 Å². The number of hydrogen-bond donors (Lipinski definition) is 1. The number of allylic oxidation sites excluding steroid dienone is 12. The summed E-state index contributed by atoms with van der Waals surface area (Å²) in [5.41, 5.74) is 0. The van der Waals surface area contributed by atoms with Crippen LogP contribution in [0, 0.1) is 0 Å². The molecule has 0 aromatic rings. The SMILES string of the molecule is CC/C=C/C/C=C/C/C=C/CCCCCCCCCCCCCC(=O)OC(COCCC(C(=O)O)[N+](C)(C)C)COC(=O)CCCCCCCCCCC/C=C/C/C=C/C/C=C/CC. The number of esters is 2. The second kappa shape index (κ2) is 46.3. The van der Waals surface area contributed by atoms with E-state index in [-0.39, 0.29) is 36.2 Å². The highest BCUT2D eigenvalue weighted by atomic mass is 16.6. The van der Waals surface area contributed by atoms with E-state index in [0.717, 1.165) is 83.5 Å². The fourth-order valence-electron chi connectivity index (χ4n) is 7.42. The minimum absolute atomic E-state index is 0.0563. The summed E-state index contributed by atoms with van der Waals surface area (Å²) in [5, 5.41) is 9.66. The Hall–Kier alpha value is -3.23. The Bertz CT molecular complexity index is 1270. The molecule has 0 aromatic carbocycles. The first kappa shape index (κ1) is 60.8. The van der Waals surface area contributed by atoms with Gasteiger partial charge in [0.25, 0.3) is 0 Å². The highest BCUT2D eigenvalue weighted by Crippen LogP contribution is 2.15. The van der Waals surface area contributed by atoms with Gasteiger partial charge >= 0.3 is 17.9 Å². The van der Waals surface area contributed by atoms with Crippen molar-refractivity contribution >= 4 is 17.9 Å². The number of carboxylic acids is 1. The Morgan fingerprint density at radius 3 is 1.22 bits per heavy atom. The van der Waals surface area contributed by atoms with Crippen LogP contribution in [-0.4, -0.2) is 80.6 Å². The lowest BCUT2D eigenvalue weighted by Crippen LogP contribution is -2.50. The van der Waals surface area contributed by atoms with E-state index in [1.165, 1.54) is 96.3 Å². The predicted octanol–water partition coefficient (Wildman–Crippen LogP) is 15.1. The number of rotatable bonds is 46. The van der Waals surface area contributed by atoms with E-state index in [1.54, 1.807) is 0 Å². The Morgan fingerprint density at radius 2 is 0.828 bits per heavy atom. The molecule has 0 aromatic heterocycles. The van der Waals surface area contributed by atoms with Crippen molar-refractivity contribution in [3.8, 4) is 0 Å². The molecule has 0 amide bonds. The standard InChI is InChI=1S/C56H97NO7/c1-6-8-10-12-14-16-18-20-22-24-26-27-29-31-33-35-37-39-41-43-45-47-55(59)64-52(50-62-49-48-53(56(60)61)57(3,4)5)51-63-54(58)46-44-42-40-38-36-34-32-30-28-25-23-21-19-17-15-13-11-9-7-2/h8-11,14-17,20-23,52-53H,6-7,12-13,18-19,24-51H2,1-5H3/p+1/b10-8+,11-9+,16-14+,17-15+,22-20+,23-21+. The van der Waals surface area contributed by atoms with Crippen molar-refractivity contribution in [2.45, 2.75) is 225 Å². The van der Waals surface area contributed by atoms with E-state index in [2.05, 4.69) is 86.8 Å². The highest BCUT2D eigenvalue weighted by molar-refractivity contribution is 5.72. The molecular weight excluding hydrogens is 799 g/mol. The van der Waals surface area contributed by atoms with Gasteiger partial charge in [-0.05, 0) is 77.0 Å². The molecule has 368 valence electrons. The number of carbonyl (C=O) groups is 3. The third-order valence-corrected chi connectivity index (χ3v) is 11.4. The molecule has 0 saturated heterocycles. The zero-order chi connectivity index (χ0) is 47.0. The van der Waals surface area contributed by atoms with Gasteiger partial charge in [-0.25, -0.2) is 4.79 Å². The van der Waals surface area contributed by atoms with Crippen LogP contribution in [0.5, 0.6) is 0 Å². The summed E-state index contributed by atoms with van der Waals surface area (Å²) >= 11 is 0. The number of quaternary nitrogens is 1. The van der Waals surface area contributed by atoms with Crippen molar-refractivity contribution < 1.29 is 38.2 Å². The topological polar surface area (TPSA) is 99.1 Å². The Morgan fingerprint density at radius 1 is 0.469 bits per heavy atom. The molecule has 0 aliphatic carbocycles. The molecule has 8 heteroatoms. The third kappa shape index (κ3) is 44.0.